The molecule has 0 spiro atoms. The SMILES string of the molecule is CC1CCCC(C)N1S(=O)(=O)C(F)(F)SOO[O-]. The second-order valence-electron chi connectivity index (χ2n) is 4.15. The maximum atomic E-state index is 13.5. The number of hydrogen-bond acceptors (Lipinski definition) is 6. The summed E-state index contributed by atoms with van der Waals surface area (Å²) in [5.74, 6) is 0. The highest BCUT2D eigenvalue weighted by Gasteiger charge is 2.54. The lowest BCUT2D eigenvalue weighted by molar-refractivity contribution is -0.777. The third-order valence-electron chi connectivity index (χ3n) is 2.85. The molecule has 1 rings (SSSR count). The summed E-state index contributed by atoms with van der Waals surface area (Å²) in [6.07, 6.45) is 1.82. The van der Waals surface area contributed by atoms with Gasteiger partial charge in [0.15, 0.2) is 0 Å². The largest absolute Gasteiger partial charge is 0.691 e. The molecule has 2 atom stereocenters. The molecule has 2 unspecified atom stereocenters. The first kappa shape index (κ1) is 16.1. The summed E-state index contributed by atoms with van der Waals surface area (Å²) in [5.41, 5.74) is 0. The molecule has 0 aliphatic carbocycles. The maximum Gasteiger partial charge on any atom is 0.433 e. The molecule has 1 aliphatic heterocycles. The quantitative estimate of drug-likeness (QED) is 0.428. The topological polar surface area (TPSA) is 78.9 Å². The van der Waals surface area contributed by atoms with Gasteiger partial charge in [0.1, 0.15) is 12.0 Å². The van der Waals surface area contributed by atoms with Crippen molar-refractivity contribution in [1.29, 1.82) is 0 Å². The van der Waals surface area contributed by atoms with Gasteiger partial charge in [-0.1, -0.05) is 6.42 Å². The van der Waals surface area contributed by atoms with Gasteiger partial charge in [0.05, 0.1) is 0 Å². The first-order chi connectivity index (χ1) is 8.24. The number of sulfonamides is 1. The molecule has 108 valence electrons. The molecule has 0 amide bonds. The third-order valence-corrected chi connectivity index (χ3v) is 5.88. The molecule has 1 aliphatic rings. The molecule has 18 heavy (non-hydrogen) atoms. The van der Waals surface area contributed by atoms with Crippen LogP contribution >= 0.6 is 12.0 Å². The predicted octanol–water partition coefficient (Wildman–Crippen LogP) is 1.00. The minimum atomic E-state index is -4.91. The van der Waals surface area contributed by atoms with Gasteiger partial charge in [0.25, 0.3) is 10.0 Å². The lowest BCUT2D eigenvalue weighted by Crippen LogP contribution is -2.52. The number of rotatable bonds is 5. The lowest BCUT2D eigenvalue weighted by atomic mass is 10.0. The Hall–Kier alpha value is -0.0000000000000000694. The molecule has 0 N–H and O–H groups in total. The summed E-state index contributed by atoms with van der Waals surface area (Å²) < 4.78 is 50.7. The van der Waals surface area contributed by atoms with E-state index < -0.39 is 38.7 Å². The van der Waals surface area contributed by atoms with E-state index >= 15 is 0 Å². The highest BCUT2D eigenvalue weighted by molar-refractivity contribution is 8.10. The Morgan fingerprint density at radius 2 is 1.83 bits per heavy atom. The number of alkyl halides is 2. The number of halogens is 2. The van der Waals surface area contributed by atoms with Crippen molar-refractivity contribution >= 4 is 22.1 Å². The zero-order valence-electron chi connectivity index (χ0n) is 9.84. The molecular formula is C8H14F2NO5S2-. The normalized spacial score (nSPS) is 27.4. The highest BCUT2D eigenvalue weighted by Crippen LogP contribution is 2.41. The Labute approximate surface area is 108 Å². The minimum Gasteiger partial charge on any atom is -0.691 e. The van der Waals surface area contributed by atoms with E-state index in [4.69, 9.17) is 0 Å². The minimum absolute atomic E-state index is 0.515. The summed E-state index contributed by atoms with van der Waals surface area (Å²) in [6, 6.07) is -1.03. The summed E-state index contributed by atoms with van der Waals surface area (Å²) >= 11 is -0.814. The molecule has 0 radical (unpaired) electrons. The number of hydrogen-bond donors (Lipinski definition) is 0. The van der Waals surface area contributed by atoms with Gasteiger partial charge in [-0.3, -0.25) is 5.04 Å². The Morgan fingerprint density at radius 1 is 1.33 bits per heavy atom. The van der Waals surface area contributed by atoms with Crippen molar-refractivity contribution in [3.63, 3.8) is 0 Å². The Morgan fingerprint density at radius 3 is 2.28 bits per heavy atom. The van der Waals surface area contributed by atoms with E-state index in [0.29, 0.717) is 12.8 Å². The van der Waals surface area contributed by atoms with Gasteiger partial charge in [-0.15, -0.1) is 0 Å². The molecular weight excluding hydrogens is 292 g/mol. The van der Waals surface area contributed by atoms with Gasteiger partial charge in [-0.2, -0.15) is 17.4 Å². The molecule has 0 aromatic heterocycles. The van der Waals surface area contributed by atoms with E-state index in [0.717, 1.165) is 10.7 Å². The van der Waals surface area contributed by atoms with Crippen LogP contribution in [0.1, 0.15) is 33.1 Å². The fraction of sp³-hybridized carbons (Fsp3) is 1.00. The van der Waals surface area contributed by atoms with Crippen LogP contribution in [0.15, 0.2) is 0 Å². The molecule has 0 bridgehead atoms. The average Bonchev–Trinajstić information content (AvgIpc) is 2.25. The number of piperidine rings is 1. The summed E-state index contributed by atoms with van der Waals surface area (Å²) in [5, 5.41) is 12.3. The van der Waals surface area contributed by atoms with Crippen LogP contribution in [0.5, 0.6) is 0 Å². The summed E-state index contributed by atoms with van der Waals surface area (Å²) in [7, 11) is -4.91. The molecule has 0 aromatic carbocycles. The van der Waals surface area contributed by atoms with Crippen LogP contribution in [0, 0.1) is 0 Å². The summed E-state index contributed by atoms with van der Waals surface area (Å²) in [6.45, 7) is 3.14. The fourth-order valence-corrected chi connectivity index (χ4v) is 4.29. The van der Waals surface area contributed by atoms with E-state index in [1.165, 1.54) is 0 Å². The Kier molecular flexibility index (Phi) is 5.32. The molecule has 10 heteroatoms. The van der Waals surface area contributed by atoms with Crippen molar-refractivity contribution in [2.75, 3.05) is 0 Å². The van der Waals surface area contributed by atoms with Crippen LogP contribution < -0.4 is 5.26 Å². The second kappa shape index (κ2) is 5.97. The van der Waals surface area contributed by atoms with Gasteiger partial charge in [-0.25, -0.2) is 8.42 Å². The van der Waals surface area contributed by atoms with E-state index in [1.807, 2.05) is 0 Å². The molecule has 0 aromatic rings. The molecule has 6 nitrogen and oxygen atoms in total. The van der Waals surface area contributed by atoms with Crippen LogP contribution in [-0.4, -0.2) is 29.4 Å². The van der Waals surface area contributed by atoms with Gasteiger partial charge in [0.2, 0.25) is 0 Å². The van der Waals surface area contributed by atoms with E-state index in [1.54, 1.807) is 13.8 Å². The predicted molar refractivity (Wildman–Crippen MR) is 58.2 cm³/mol. The van der Waals surface area contributed by atoms with Crippen molar-refractivity contribution in [2.24, 2.45) is 0 Å². The van der Waals surface area contributed by atoms with Gasteiger partial charge < -0.3 is 5.26 Å². The van der Waals surface area contributed by atoms with Crippen molar-refractivity contribution in [2.45, 2.75) is 49.8 Å². The molecule has 0 saturated carbocycles. The van der Waals surface area contributed by atoms with E-state index in [-0.39, 0.29) is 0 Å². The van der Waals surface area contributed by atoms with Crippen molar-refractivity contribution in [3.8, 4) is 0 Å². The zero-order chi connectivity index (χ0) is 14.0. The maximum absolute atomic E-state index is 13.5. The van der Waals surface area contributed by atoms with E-state index in [9.17, 15) is 22.5 Å². The Bertz CT molecular complexity index is 368. The monoisotopic (exact) mass is 306 g/mol. The van der Waals surface area contributed by atoms with Gasteiger partial charge >= 0.3 is 4.59 Å². The molecule has 1 fully saturated rings. The average molecular weight is 306 g/mol. The van der Waals surface area contributed by atoms with Crippen LogP contribution in [0.25, 0.3) is 0 Å². The standard InChI is InChI=1S/C8H15F2NO5S2/c1-6-4-3-5-7(2)11(6)18(13,14)8(9,10)17-16-15-12/h6-7,12H,3-5H2,1-2H3/p-1. The third kappa shape index (κ3) is 3.11. The second-order valence-corrected chi connectivity index (χ2v) is 7.11. The van der Waals surface area contributed by atoms with Crippen molar-refractivity contribution in [3.05, 3.63) is 0 Å². The molecule has 1 saturated heterocycles. The number of nitrogens with zero attached hydrogens (tertiary/aromatic N) is 1. The van der Waals surface area contributed by atoms with Gasteiger partial charge in [-0.05, 0) is 26.7 Å². The van der Waals surface area contributed by atoms with Crippen molar-refractivity contribution in [1.82, 2.24) is 4.31 Å². The highest BCUT2D eigenvalue weighted by atomic mass is 32.3. The first-order valence-electron chi connectivity index (χ1n) is 5.29. The van der Waals surface area contributed by atoms with Crippen LogP contribution in [0.3, 0.4) is 0 Å². The first-order valence-corrected chi connectivity index (χ1v) is 7.47. The van der Waals surface area contributed by atoms with Crippen LogP contribution in [0.4, 0.5) is 8.78 Å². The van der Waals surface area contributed by atoms with Crippen LogP contribution in [0.2, 0.25) is 0 Å². The molecule has 1 heterocycles. The van der Waals surface area contributed by atoms with Gasteiger partial charge in [0, 0.05) is 12.1 Å². The Balaban J connectivity index is 2.96. The van der Waals surface area contributed by atoms with E-state index in [2.05, 4.69) is 9.37 Å². The summed E-state index contributed by atoms with van der Waals surface area (Å²) in [4.78, 5) is 0. The van der Waals surface area contributed by atoms with Crippen LogP contribution in [-0.2, 0) is 19.4 Å². The van der Waals surface area contributed by atoms with Crippen molar-refractivity contribution < 1.29 is 31.8 Å². The lowest BCUT2D eigenvalue weighted by Gasteiger charge is -2.38. The zero-order valence-corrected chi connectivity index (χ0v) is 11.5. The smallest absolute Gasteiger partial charge is 0.433 e. The fourth-order valence-electron chi connectivity index (χ4n) is 2.09.